The first-order valence-electron chi connectivity index (χ1n) is 5.57. The minimum Gasteiger partial charge on any atom is -0.507 e. The zero-order valence-electron chi connectivity index (χ0n) is 9.80. The normalized spacial score (nSPS) is 10.1. The fourth-order valence-electron chi connectivity index (χ4n) is 1.66. The van der Waals surface area contributed by atoms with Gasteiger partial charge in [0.25, 0.3) is 0 Å². The van der Waals surface area contributed by atoms with E-state index < -0.39 is 0 Å². The van der Waals surface area contributed by atoms with Crippen molar-refractivity contribution < 1.29 is 14.6 Å². The number of aromatic hydroxyl groups is 1. The summed E-state index contributed by atoms with van der Waals surface area (Å²) in [6.07, 6.45) is 0. The summed E-state index contributed by atoms with van der Waals surface area (Å²) in [5, 5.41) is 9.83. The van der Waals surface area contributed by atoms with E-state index in [0.29, 0.717) is 11.3 Å². The average Bonchev–Trinajstić information content (AvgIpc) is 2.40. The van der Waals surface area contributed by atoms with E-state index in [1.165, 1.54) is 6.07 Å². The number of hydrogen-bond donors (Lipinski definition) is 1. The maximum absolute atomic E-state index is 12.1. The average molecular weight is 241 g/mol. The van der Waals surface area contributed by atoms with Crippen LogP contribution in [0.1, 0.15) is 15.9 Å². The van der Waals surface area contributed by atoms with Crippen LogP contribution in [0.3, 0.4) is 0 Å². The summed E-state index contributed by atoms with van der Waals surface area (Å²) in [7, 11) is 0. The van der Waals surface area contributed by atoms with Gasteiger partial charge in [0.2, 0.25) is 0 Å². The Morgan fingerprint density at radius 2 is 1.89 bits per heavy atom. The number of hydrogen-bond acceptors (Lipinski definition) is 3. The highest BCUT2D eigenvalue weighted by Gasteiger charge is 2.13. The van der Waals surface area contributed by atoms with Crippen molar-refractivity contribution in [3.63, 3.8) is 0 Å². The summed E-state index contributed by atoms with van der Waals surface area (Å²) >= 11 is 0. The van der Waals surface area contributed by atoms with Crippen LogP contribution < -0.4 is 4.74 Å². The van der Waals surface area contributed by atoms with Gasteiger partial charge >= 0.3 is 0 Å². The molecule has 2 rings (SSSR count). The molecule has 0 aliphatic rings. The predicted octanol–water partition coefficient (Wildman–Crippen LogP) is 2.84. The monoisotopic (exact) mass is 241 g/mol. The predicted molar refractivity (Wildman–Crippen MR) is 68.8 cm³/mol. The van der Waals surface area contributed by atoms with Crippen LogP contribution in [-0.4, -0.2) is 17.5 Å². The van der Waals surface area contributed by atoms with Crippen LogP contribution in [0, 0.1) is 6.92 Å². The molecule has 0 aliphatic carbocycles. The molecule has 0 aliphatic heterocycles. The molecule has 18 heavy (non-hydrogen) atoms. The van der Waals surface area contributed by atoms with Crippen molar-refractivity contribution in [2.45, 2.75) is 0 Å². The number of benzene rings is 2. The second-order valence-corrected chi connectivity index (χ2v) is 3.72. The van der Waals surface area contributed by atoms with Crippen molar-refractivity contribution in [2.24, 2.45) is 0 Å². The quantitative estimate of drug-likeness (QED) is 0.837. The van der Waals surface area contributed by atoms with Crippen molar-refractivity contribution in [2.75, 3.05) is 6.61 Å². The van der Waals surface area contributed by atoms with Gasteiger partial charge in [0.15, 0.2) is 5.78 Å². The van der Waals surface area contributed by atoms with Crippen LogP contribution in [0.15, 0.2) is 48.5 Å². The molecule has 0 bridgehead atoms. The van der Waals surface area contributed by atoms with Gasteiger partial charge in [-0.05, 0) is 19.1 Å². The van der Waals surface area contributed by atoms with Crippen LogP contribution in [0.4, 0.5) is 0 Å². The highest BCUT2D eigenvalue weighted by atomic mass is 16.5. The fraction of sp³-hybridized carbons (Fsp3) is 0.0667. The third-order valence-corrected chi connectivity index (χ3v) is 2.52. The Kier molecular flexibility index (Phi) is 3.63. The largest absolute Gasteiger partial charge is 0.507 e. The molecule has 0 aromatic heterocycles. The molecule has 0 unspecified atom stereocenters. The van der Waals surface area contributed by atoms with Crippen LogP contribution in [0.25, 0.3) is 0 Å². The maximum Gasteiger partial charge on any atom is 0.196 e. The summed E-state index contributed by atoms with van der Waals surface area (Å²) in [5.41, 5.74) is 0.802. The first kappa shape index (κ1) is 12.2. The van der Waals surface area contributed by atoms with Gasteiger partial charge in [-0.1, -0.05) is 30.3 Å². The van der Waals surface area contributed by atoms with Gasteiger partial charge < -0.3 is 9.84 Å². The van der Waals surface area contributed by atoms with E-state index in [9.17, 15) is 9.90 Å². The summed E-state index contributed by atoms with van der Waals surface area (Å²) in [6, 6.07) is 13.4. The van der Waals surface area contributed by atoms with E-state index in [-0.39, 0.29) is 23.7 Å². The maximum atomic E-state index is 12.1. The third kappa shape index (κ3) is 2.51. The van der Waals surface area contributed by atoms with E-state index in [2.05, 4.69) is 6.92 Å². The summed E-state index contributed by atoms with van der Waals surface area (Å²) in [4.78, 5) is 12.1. The summed E-state index contributed by atoms with van der Waals surface area (Å²) in [5.74, 6) is 0.191. The molecule has 0 saturated carbocycles. The first-order chi connectivity index (χ1) is 8.72. The smallest absolute Gasteiger partial charge is 0.196 e. The van der Waals surface area contributed by atoms with Gasteiger partial charge in [-0.25, -0.2) is 0 Å². The molecule has 0 atom stereocenters. The zero-order chi connectivity index (χ0) is 13.0. The minimum atomic E-state index is -0.214. The number of carbonyl (C=O) groups excluding carboxylic acids is 1. The van der Waals surface area contributed by atoms with Crippen molar-refractivity contribution in [1.29, 1.82) is 0 Å². The lowest BCUT2D eigenvalue weighted by Gasteiger charge is -2.07. The second kappa shape index (κ2) is 5.36. The van der Waals surface area contributed by atoms with Gasteiger partial charge in [-0.3, -0.25) is 4.79 Å². The number of ether oxygens (including phenoxy) is 1. The Bertz CT molecular complexity index is 547. The third-order valence-electron chi connectivity index (χ3n) is 2.52. The van der Waals surface area contributed by atoms with Crippen LogP contribution in [-0.2, 0) is 0 Å². The lowest BCUT2D eigenvalue weighted by atomic mass is 10.0. The number of phenolic OH excluding ortho intramolecular Hbond substituents is 1. The molecular formula is C15H13O3. The molecule has 2 aromatic carbocycles. The Labute approximate surface area is 106 Å². The summed E-state index contributed by atoms with van der Waals surface area (Å²) in [6.45, 7) is 3.81. The molecule has 3 nitrogen and oxygen atoms in total. The topological polar surface area (TPSA) is 46.5 Å². The highest BCUT2D eigenvalue weighted by Crippen LogP contribution is 2.25. The highest BCUT2D eigenvalue weighted by molar-refractivity contribution is 6.10. The van der Waals surface area contributed by atoms with Crippen LogP contribution >= 0.6 is 0 Å². The lowest BCUT2D eigenvalue weighted by molar-refractivity contribution is 0.103. The Morgan fingerprint density at radius 3 is 2.50 bits per heavy atom. The van der Waals surface area contributed by atoms with E-state index in [0.717, 1.165) is 0 Å². The molecule has 0 saturated heterocycles. The van der Waals surface area contributed by atoms with Gasteiger partial charge in [0.05, 0.1) is 12.2 Å². The Hall–Kier alpha value is -2.29. The Morgan fingerprint density at radius 1 is 1.17 bits per heavy atom. The van der Waals surface area contributed by atoms with Gasteiger partial charge in [0.1, 0.15) is 11.5 Å². The van der Waals surface area contributed by atoms with Crippen molar-refractivity contribution in [3.8, 4) is 11.5 Å². The minimum absolute atomic E-state index is 0.0881. The number of ketones is 1. The zero-order valence-corrected chi connectivity index (χ0v) is 9.80. The molecule has 1 N–H and O–H groups in total. The van der Waals surface area contributed by atoms with Crippen LogP contribution in [0.5, 0.6) is 11.5 Å². The van der Waals surface area contributed by atoms with E-state index in [4.69, 9.17) is 4.74 Å². The van der Waals surface area contributed by atoms with E-state index in [1.807, 2.05) is 6.07 Å². The molecule has 0 heterocycles. The van der Waals surface area contributed by atoms with Gasteiger partial charge in [-0.2, -0.15) is 0 Å². The standard InChI is InChI=1S/C15H13O3/c1-2-18-12-8-9-13(14(16)10-12)15(17)11-6-4-3-5-7-11/h3-10,16H,1-2H2. The number of carbonyl (C=O) groups is 1. The van der Waals surface area contributed by atoms with E-state index >= 15 is 0 Å². The molecule has 0 spiro atoms. The van der Waals surface area contributed by atoms with Gasteiger partial charge in [0, 0.05) is 11.6 Å². The molecular weight excluding hydrogens is 228 g/mol. The van der Waals surface area contributed by atoms with Crippen molar-refractivity contribution in [3.05, 3.63) is 66.6 Å². The molecule has 1 radical (unpaired) electrons. The van der Waals surface area contributed by atoms with Crippen molar-refractivity contribution >= 4 is 5.78 Å². The number of rotatable bonds is 4. The fourth-order valence-corrected chi connectivity index (χ4v) is 1.66. The molecule has 3 heteroatoms. The van der Waals surface area contributed by atoms with Crippen LogP contribution in [0.2, 0.25) is 0 Å². The molecule has 91 valence electrons. The molecule has 0 fully saturated rings. The van der Waals surface area contributed by atoms with Crippen molar-refractivity contribution in [1.82, 2.24) is 0 Å². The number of phenols is 1. The van der Waals surface area contributed by atoms with Gasteiger partial charge in [-0.15, -0.1) is 0 Å². The van der Waals surface area contributed by atoms with E-state index in [1.54, 1.807) is 36.4 Å². The molecule has 2 aromatic rings. The lowest BCUT2D eigenvalue weighted by Crippen LogP contribution is -2.02. The second-order valence-electron chi connectivity index (χ2n) is 3.72. The SMILES string of the molecule is [CH2]COc1ccc(C(=O)c2ccccc2)c(O)c1. The Balaban J connectivity index is 2.32. The summed E-state index contributed by atoms with van der Waals surface area (Å²) < 4.78 is 5.14. The molecule has 0 amide bonds. The first-order valence-corrected chi connectivity index (χ1v) is 5.57.